The lowest BCUT2D eigenvalue weighted by Crippen LogP contribution is -2.66. The van der Waals surface area contributed by atoms with E-state index in [1.165, 1.54) is 18.4 Å². The predicted octanol–water partition coefficient (Wildman–Crippen LogP) is 5.29. The van der Waals surface area contributed by atoms with Crippen LogP contribution in [0, 0.1) is 11.3 Å². The molecule has 0 unspecified atom stereocenters. The second kappa shape index (κ2) is 9.81. The van der Waals surface area contributed by atoms with Crippen LogP contribution in [0.15, 0.2) is 34.4 Å². The van der Waals surface area contributed by atoms with E-state index in [0.717, 1.165) is 70.3 Å². The minimum absolute atomic E-state index is 0.0157. The first kappa shape index (κ1) is 25.2. The SMILES string of the molecule is CC(C)(C)c1cc(NC(=O)C[N+]23CCC(CC2)[C@@H](OC(=O)C2(C4=CC=CC4)CCCCCC2)C3)no1. The third kappa shape index (κ3) is 5.04. The van der Waals surface area contributed by atoms with Gasteiger partial charge in [-0.25, -0.2) is 0 Å². The van der Waals surface area contributed by atoms with Crippen LogP contribution in [-0.2, 0) is 19.7 Å². The highest BCUT2D eigenvalue weighted by atomic mass is 16.5. The third-order valence-corrected chi connectivity index (χ3v) is 9.03. The lowest BCUT2D eigenvalue weighted by molar-refractivity contribution is -0.939. The molecule has 3 saturated heterocycles. The standard InChI is InChI=1S/C29H41N3O4/c1-28(2,3)24-18-25(31-36-24)30-26(33)20-32-16-12-21(13-17-32)23(19-32)35-27(34)29(22-10-6-7-11-22)14-8-4-5-9-15-29/h6-7,10,18,21,23H,4-5,8-9,11-17,19-20H2,1-3H3/p+1/t21?,23-,32?/m0/s1. The molecule has 0 spiro atoms. The van der Waals surface area contributed by atoms with Crippen LogP contribution in [0.25, 0.3) is 0 Å². The van der Waals surface area contributed by atoms with E-state index in [-0.39, 0.29) is 23.4 Å². The van der Waals surface area contributed by atoms with E-state index >= 15 is 0 Å². The highest BCUT2D eigenvalue weighted by Crippen LogP contribution is 2.46. The zero-order valence-corrected chi connectivity index (χ0v) is 22.2. The van der Waals surface area contributed by atoms with Gasteiger partial charge in [-0.1, -0.05) is 69.8 Å². The van der Waals surface area contributed by atoms with Crippen LogP contribution in [-0.4, -0.2) is 53.8 Å². The number of fused-ring (bicyclic) bond motifs is 3. The molecule has 7 nitrogen and oxygen atoms in total. The topological polar surface area (TPSA) is 81.4 Å². The Labute approximate surface area is 214 Å². The summed E-state index contributed by atoms with van der Waals surface area (Å²) in [5.41, 5.74) is 0.607. The Bertz CT molecular complexity index is 1030. The molecule has 6 rings (SSSR count). The maximum absolute atomic E-state index is 13.9. The van der Waals surface area contributed by atoms with Crippen molar-refractivity contribution in [2.75, 3.05) is 31.5 Å². The van der Waals surface area contributed by atoms with Crippen molar-refractivity contribution in [3.05, 3.63) is 35.6 Å². The summed E-state index contributed by atoms with van der Waals surface area (Å²) in [5, 5.41) is 6.97. The number of allylic oxidation sites excluding steroid dienone is 3. The molecule has 7 heteroatoms. The number of nitrogens with one attached hydrogen (secondary N) is 1. The Balaban J connectivity index is 1.25. The van der Waals surface area contributed by atoms with Gasteiger partial charge in [0.1, 0.15) is 12.3 Å². The summed E-state index contributed by atoms with van der Waals surface area (Å²) >= 11 is 0. The predicted molar refractivity (Wildman–Crippen MR) is 138 cm³/mol. The fourth-order valence-corrected chi connectivity index (χ4v) is 6.79. The monoisotopic (exact) mass is 496 g/mol. The molecule has 0 radical (unpaired) electrons. The number of aromatic nitrogens is 1. The Morgan fingerprint density at radius 3 is 2.50 bits per heavy atom. The number of anilines is 1. The van der Waals surface area contributed by atoms with Gasteiger partial charge in [0.2, 0.25) is 0 Å². The highest BCUT2D eigenvalue weighted by Gasteiger charge is 2.51. The van der Waals surface area contributed by atoms with Crippen molar-refractivity contribution in [2.24, 2.45) is 11.3 Å². The van der Waals surface area contributed by atoms with Gasteiger partial charge in [-0.05, 0) is 24.8 Å². The van der Waals surface area contributed by atoms with Gasteiger partial charge in [0.15, 0.2) is 18.5 Å². The van der Waals surface area contributed by atoms with Gasteiger partial charge in [-0.15, -0.1) is 0 Å². The van der Waals surface area contributed by atoms with E-state index < -0.39 is 5.41 Å². The number of hydrogen-bond donors (Lipinski definition) is 1. The molecule has 0 aromatic carbocycles. The van der Waals surface area contributed by atoms with Crippen molar-refractivity contribution in [3.8, 4) is 0 Å². The fourth-order valence-electron chi connectivity index (χ4n) is 6.79. The van der Waals surface area contributed by atoms with E-state index in [9.17, 15) is 9.59 Å². The number of piperidine rings is 3. The minimum atomic E-state index is -0.466. The van der Waals surface area contributed by atoms with Gasteiger partial charge in [-0.2, -0.15) is 0 Å². The van der Waals surface area contributed by atoms with Crippen LogP contribution >= 0.6 is 0 Å². The second-order valence-electron chi connectivity index (χ2n) is 12.6. The van der Waals surface area contributed by atoms with Crippen molar-refractivity contribution >= 4 is 17.7 Å². The molecular formula is C29H42N3O4+. The van der Waals surface area contributed by atoms with Crippen LogP contribution in [0.4, 0.5) is 5.82 Å². The number of amides is 1. The molecule has 1 amide bonds. The first-order valence-corrected chi connectivity index (χ1v) is 13.9. The van der Waals surface area contributed by atoms with E-state index in [1.807, 2.05) is 6.07 Å². The highest BCUT2D eigenvalue weighted by molar-refractivity contribution is 5.90. The van der Waals surface area contributed by atoms with E-state index in [4.69, 9.17) is 9.26 Å². The van der Waals surface area contributed by atoms with Gasteiger partial charge < -0.3 is 19.1 Å². The van der Waals surface area contributed by atoms with Crippen molar-refractivity contribution in [3.63, 3.8) is 0 Å². The van der Waals surface area contributed by atoms with Crippen molar-refractivity contribution in [1.82, 2.24) is 5.16 Å². The third-order valence-electron chi connectivity index (χ3n) is 9.03. The van der Waals surface area contributed by atoms with Gasteiger partial charge in [0, 0.05) is 30.2 Å². The van der Waals surface area contributed by atoms with Crippen molar-refractivity contribution in [1.29, 1.82) is 0 Å². The number of rotatable bonds is 6. The molecule has 3 aliphatic heterocycles. The van der Waals surface area contributed by atoms with Crippen LogP contribution in [0.2, 0.25) is 0 Å². The Morgan fingerprint density at radius 1 is 1.17 bits per heavy atom. The largest absolute Gasteiger partial charge is 0.455 e. The molecule has 5 aliphatic rings. The first-order valence-electron chi connectivity index (χ1n) is 13.9. The van der Waals surface area contributed by atoms with Crippen LogP contribution in [0.5, 0.6) is 0 Å². The lowest BCUT2D eigenvalue weighted by Gasteiger charge is -2.52. The number of esters is 1. The summed E-state index contributed by atoms with van der Waals surface area (Å²) in [6.07, 6.45) is 15.5. The molecule has 1 atom stereocenters. The zero-order chi connectivity index (χ0) is 25.4. The van der Waals surface area contributed by atoms with Crippen LogP contribution in [0.1, 0.15) is 84.3 Å². The average Bonchev–Trinajstić information content (AvgIpc) is 3.48. The quantitative estimate of drug-likeness (QED) is 0.329. The van der Waals surface area contributed by atoms with Gasteiger partial charge in [0.25, 0.3) is 5.91 Å². The molecule has 1 aromatic rings. The molecule has 196 valence electrons. The van der Waals surface area contributed by atoms with E-state index in [2.05, 4.69) is 49.5 Å². The Morgan fingerprint density at radius 2 is 1.89 bits per heavy atom. The van der Waals surface area contributed by atoms with Gasteiger partial charge in [0.05, 0.1) is 18.5 Å². The molecule has 1 N–H and O–H groups in total. The van der Waals surface area contributed by atoms with Crippen LogP contribution in [0.3, 0.4) is 0 Å². The number of carbonyl (C=O) groups is 2. The van der Waals surface area contributed by atoms with Gasteiger partial charge >= 0.3 is 5.97 Å². The molecule has 4 heterocycles. The van der Waals surface area contributed by atoms with Crippen LogP contribution < -0.4 is 5.32 Å². The second-order valence-corrected chi connectivity index (χ2v) is 12.6. The van der Waals surface area contributed by atoms with Gasteiger partial charge in [-0.3, -0.25) is 9.59 Å². The lowest BCUT2D eigenvalue weighted by atomic mass is 9.73. The summed E-state index contributed by atoms with van der Waals surface area (Å²) in [6.45, 7) is 9.17. The molecule has 2 aliphatic carbocycles. The maximum atomic E-state index is 13.9. The summed E-state index contributed by atoms with van der Waals surface area (Å²) in [4.78, 5) is 26.9. The van der Waals surface area contributed by atoms with Crippen molar-refractivity contribution in [2.45, 2.75) is 90.1 Å². The molecule has 1 saturated carbocycles. The number of nitrogens with zero attached hydrogens (tertiary/aromatic N) is 2. The van der Waals surface area contributed by atoms with E-state index in [1.54, 1.807) is 0 Å². The van der Waals surface area contributed by atoms with Crippen molar-refractivity contribution < 1.29 is 23.3 Å². The first-order chi connectivity index (χ1) is 17.2. The summed E-state index contributed by atoms with van der Waals surface area (Å²) in [6, 6.07) is 1.81. The molecule has 36 heavy (non-hydrogen) atoms. The number of quaternary nitrogens is 1. The molecule has 1 aromatic heterocycles. The number of carbonyl (C=O) groups excluding carboxylic acids is 2. The smallest absolute Gasteiger partial charge is 0.316 e. The molecule has 2 bridgehead atoms. The normalized spacial score (nSPS) is 29.5. The summed E-state index contributed by atoms with van der Waals surface area (Å²) in [7, 11) is 0. The summed E-state index contributed by atoms with van der Waals surface area (Å²) < 4.78 is 12.5. The minimum Gasteiger partial charge on any atom is -0.455 e. The Kier molecular flexibility index (Phi) is 6.88. The Hall–Kier alpha value is -2.41. The fraction of sp³-hybridized carbons (Fsp3) is 0.690. The average molecular weight is 497 g/mol. The van der Waals surface area contributed by atoms with E-state index in [0.29, 0.717) is 22.8 Å². The number of ether oxygens (including phenoxy) is 1. The zero-order valence-electron chi connectivity index (χ0n) is 22.2. The summed E-state index contributed by atoms with van der Waals surface area (Å²) in [5.74, 6) is 1.54. The molecular weight excluding hydrogens is 454 g/mol. The maximum Gasteiger partial charge on any atom is 0.316 e. The molecule has 4 fully saturated rings. The number of hydrogen-bond acceptors (Lipinski definition) is 5.